The van der Waals surface area contributed by atoms with E-state index in [9.17, 15) is 4.79 Å². The molecule has 5 rings (SSSR count). The predicted octanol–water partition coefficient (Wildman–Crippen LogP) is 5.71. The molecule has 1 N–H and O–H groups in total. The zero-order valence-corrected chi connectivity index (χ0v) is 18.8. The zero-order chi connectivity index (χ0) is 23.2. The first-order valence-electron chi connectivity index (χ1n) is 11.6. The number of hydrogen-bond acceptors (Lipinski definition) is 3. The molecule has 2 atom stereocenters. The van der Waals surface area contributed by atoms with Gasteiger partial charge in [-0.15, -0.1) is 0 Å². The molecule has 0 aliphatic carbocycles. The Morgan fingerprint density at radius 1 is 0.676 bits per heavy atom. The van der Waals surface area contributed by atoms with Gasteiger partial charge >= 0.3 is 6.09 Å². The van der Waals surface area contributed by atoms with Gasteiger partial charge in [0.25, 0.3) is 0 Å². The molecule has 0 bridgehead atoms. The second-order valence-corrected chi connectivity index (χ2v) is 8.47. The molecule has 1 aliphatic heterocycles. The van der Waals surface area contributed by atoms with Crippen molar-refractivity contribution in [3.8, 4) is 0 Å². The van der Waals surface area contributed by atoms with Crippen LogP contribution in [0.2, 0.25) is 0 Å². The monoisotopic (exact) mass is 449 g/mol. The summed E-state index contributed by atoms with van der Waals surface area (Å²) in [6.07, 6.45) is -0.141. The van der Waals surface area contributed by atoms with E-state index < -0.39 is 17.8 Å². The largest absolute Gasteiger partial charge is 0.442 e. The van der Waals surface area contributed by atoms with E-state index in [1.54, 1.807) is 0 Å². The summed E-state index contributed by atoms with van der Waals surface area (Å²) in [6.45, 7) is 0.245. The van der Waals surface area contributed by atoms with Gasteiger partial charge in [0.15, 0.2) is 0 Å². The van der Waals surface area contributed by atoms with Crippen LogP contribution in [-0.4, -0.2) is 24.8 Å². The van der Waals surface area contributed by atoms with E-state index in [0.717, 1.165) is 22.3 Å². The molecular weight excluding hydrogens is 422 g/mol. The normalized spacial score (nSPS) is 17.7. The SMILES string of the molecule is O=C1N[C@@H](Cc2ccccc2)[C@H](COC(c2ccccc2)(c2ccccc2)c2ccccc2)O1. The third-order valence-corrected chi connectivity index (χ3v) is 6.31. The number of carbonyl (C=O) groups excluding carboxylic acids is 1. The molecule has 34 heavy (non-hydrogen) atoms. The minimum atomic E-state index is -0.851. The molecule has 0 unspecified atom stereocenters. The molecule has 0 radical (unpaired) electrons. The Kier molecular flexibility index (Phi) is 6.41. The molecule has 1 heterocycles. The van der Waals surface area contributed by atoms with Crippen molar-refractivity contribution in [3.05, 3.63) is 144 Å². The fraction of sp³-hybridized carbons (Fsp3) is 0.167. The maximum Gasteiger partial charge on any atom is 0.407 e. The summed E-state index contributed by atoms with van der Waals surface area (Å²) in [5.74, 6) is 0. The Bertz CT molecular complexity index is 1100. The molecule has 1 fully saturated rings. The van der Waals surface area contributed by atoms with Crippen LogP contribution in [0.3, 0.4) is 0 Å². The molecule has 4 heteroatoms. The van der Waals surface area contributed by atoms with Crippen molar-refractivity contribution in [2.45, 2.75) is 24.2 Å². The van der Waals surface area contributed by atoms with Crippen LogP contribution in [0.4, 0.5) is 4.79 Å². The van der Waals surface area contributed by atoms with Crippen molar-refractivity contribution in [2.24, 2.45) is 0 Å². The molecule has 4 nitrogen and oxygen atoms in total. The van der Waals surface area contributed by atoms with Gasteiger partial charge in [-0.3, -0.25) is 0 Å². The van der Waals surface area contributed by atoms with Gasteiger partial charge in [0.2, 0.25) is 0 Å². The maximum atomic E-state index is 12.2. The molecule has 1 saturated heterocycles. The lowest BCUT2D eigenvalue weighted by Gasteiger charge is -2.37. The Hall–Kier alpha value is -3.89. The first-order chi connectivity index (χ1) is 16.8. The number of rotatable bonds is 8. The van der Waals surface area contributed by atoms with Gasteiger partial charge in [-0.25, -0.2) is 4.79 Å². The van der Waals surface area contributed by atoms with Gasteiger partial charge in [-0.1, -0.05) is 121 Å². The standard InChI is InChI=1S/C30H27NO3/c32-29-31-27(21-23-13-5-1-6-14-23)28(34-29)22-33-30(24-15-7-2-8-16-24,25-17-9-3-10-18-25)26-19-11-4-12-20-26/h1-20,27-28H,21-22H2,(H,31,32)/t27-,28-/m0/s1. The number of nitrogens with one attached hydrogen (secondary N) is 1. The van der Waals surface area contributed by atoms with Crippen molar-refractivity contribution in [2.75, 3.05) is 6.61 Å². The van der Waals surface area contributed by atoms with Crippen LogP contribution in [0.1, 0.15) is 22.3 Å². The summed E-state index contributed by atoms with van der Waals surface area (Å²) in [6, 6.07) is 40.6. The second kappa shape index (κ2) is 9.94. The van der Waals surface area contributed by atoms with Gasteiger partial charge < -0.3 is 14.8 Å². The molecule has 0 saturated carbocycles. The quantitative estimate of drug-likeness (QED) is 0.350. The lowest BCUT2D eigenvalue weighted by atomic mass is 9.80. The van der Waals surface area contributed by atoms with E-state index in [1.807, 2.05) is 72.8 Å². The highest BCUT2D eigenvalue weighted by Crippen LogP contribution is 2.40. The maximum absolute atomic E-state index is 12.2. The lowest BCUT2D eigenvalue weighted by Crippen LogP contribution is -2.40. The fourth-order valence-corrected chi connectivity index (χ4v) is 4.67. The molecule has 0 aromatic heterocycles. The number of carbonyl (C=O) groups is 1. The van der Waals surface area contributed by atoms with Gasteiger partial charge in [-0.2, -0.15) is 0 Å². The highest BCUT2D eigenvalue weighted by atomic mass is 16.6. The average Bonchev–Trinajstić information content (AvgIpc) is 3.25. The molecule has 170 valence electrons. The predicted molar refractivity (Wildman–Crippen MR) is 132 cm³/mol. The van der Waals surface area contributed by atoms with E-state index in [4.69, 9.17) is 9.47 Å². The van der Waals surface area contributed by atoms with Crippen LogP contribution in [0, 0.1) is 0 Å². The van der Waals surface area contributed by atoms with Crippen LogP contribution in [0.5, 0.6) is 0 Å². The van der Waals surface area contributed by atoms with Gasteiger partial charge in [0.1, 0.15) is 11.7 Å². The third kappa shape index (κ3) is 4.45. The highest BCUT2D eigenvalue weighted by molar-refractivity contribution is 5.70. The van der Waals surface area contributed by atoms with Crippen LogP contribution in [-0.2, 0) is 21.5 Å². The Balaban J connectivity index is 1.52. The highest BCUT2D eigenvalue weighted by Gasteiger charge is 2.41. The lowest BCUT2D eigenvalue weighted by molar-refractivity contribution is -0.0363. The summed E-state index contributed by atoms with van der Waals surface area (Å²) in [7, 11) is 0. The van der Waals surface area contributed by atoms with E-state index in [0.29, 0.717) is 6.42 Å². The van der Waals surface area contributed by atoms with Gasteiger partial charge in [0.05, 0.1) is 12.6 Å². The Morgan fingerprint density at radius 3 is 1.59 bits per heavy atom. The summed E-state index contributed by atoms with van der Waals surface area (Å²) in [5, 5.41) is 2.97. The van der Waals surface area contributed by atoms with Crippen molar-refractivity contribution < 1.29 is 14.3 Å². The number of alkyl carbamates (subject to hydrolysis) is 1. The van der Waals surface area contributed by atoms with Crippen LogP contribution in [0.15, 0.2) is 121 Å². The smallest absolute Gasteiger partial charge is 0.407 e. The first kappa shape index (κ1) is 21.9. The molecular formula is C30H27NO3. The number of cyclic esters (lactones) is 1. The van der Waals surface area contributed by atoms with Crippen molar-refractivity contribution in [1.82, 2.24) is 5.32 Å². The molecule has 1 amide bonds. The van der Waals surface area contributed by atoms with E-state index in [-0.39, 0.29) is 12.6 Å². The van der Waals surface area contributed by atoms with Crippen molar-refractivity contribution in [3.63, 3.8) is 0 Å². The molecule has 1 aliphatic rings. The minimum absolute atomic E-state index is 0.171. The third-order valence-electron chi connectivity index (χ3n) is 6.31. The Morgan fingerprint density at radius 2 is 1.12 bits per heavy atom. The minimum Gasteiger partial charge on any atom is -0.442 e. The van der Waals surface area contributed by atoms with Crippen LogP contribution < -0.4 is 5.32 Å². The fourth-order valence-electron chi connectivity index (χ4n) is 4.67. The van der Waals surface area contributed by atoms with Crippen molar-refractivity contribution >= 4 is 6.09 Å². The van der Waals surface area contributed by atoms with Gasteiger partial charge in [-0.05, 0) is 28.7 Å². The topological polar surface area (TPSA) is 47.6 Å². The van der Waals surface area contributed by atoms with Crippen molar-refractivity contribution in [1.29, 1.82) is 0 Å². The molecule has 4 aromatic rings. The van der Waals surface area contributed by atoms with E-state index in [1.165, 1.54) is 0 Å². The van der Waals surface area contributed by atoms with E-state index >= 15 is 0 Å². The first-order valence-corrected chi connectivity index (χ1v) is 11.6. The molecule has 4 aromatic carbocycles. The second-order valence-electron chi connectivity index (χ2n) is 8.47. The number of hydrogen-bond donors (Lipinski definition) is 1. The van der Waals surface area contributed by atoms with Gasteiger partial charge in [0, 0.05) is 0 Å². The average molecular weight is 450 g/mol. The summed E-state index contributed by atoms with van der Waals surface area (Å²) >= 11 is 0. The number of amides is 1. The Labute approximate surface area is 200 Å². The summed E-state index contributed by atoms with van der Waals surface area (Å²) < 4.78 is 12.5. The summed E-state index contributed by atoms with van der Waals surface area (Å²) in [5.41, 5.74) is 3.34. The van der Waals surface area contributed by atoms with Crippen LogP contribution in [0.25, 0.3) is 0 Å². The zero-order valence-electron chi connectivity index (χ0n) is 18.8. The van der Waals surface area contributed by atoms with E-state index in [2.05, 4.69) is 53.8 Å². The van der Waals surface area contributed by atoms with Crippen LogP contribution >= 0.6 is 0 Å². The summed E-state index contributed by atoms with van der Waals surface area (Å²) in [4.78, 5) is 12.2. The molecule has 0 spiro atoms. The number of benzene rings is 4. The number of ether oxygens (including phenoxy) is 2.